The zero-order chi connectivity index (χ0) is 13.8. The summed E-state index contributed by atoms with van der Waals surface area (Å²) in [7, 11) is 0. The number of H-pyrrole nitrogens is 1. The van der Waals surface area contributed by atoms with Gasteiger partial charge in [0.05, 0.1) is 11.9 Å². The number of rotatable bonds is 4. The van der Waals surface area contributed by atoms with Crippen molar-refractivity contribution in [3.8, 4) is 11.5 Å². The summed E-state index contributed by atoms with van der Waals surface area (Å²) in [6.07, 6.45) is 2.41. The third-order valence-corrected chi connectivity index (χ3v) is 3.01. The van der Waals surface area contributed by atoms with E-state index < -0.39 is 0 Å². The molecule has 0 atom stereocenters. The van der Waals surface area contributed by atoms with E-state index >= 15 is 0 Å². The summed E-state index contributed by atoms with van der Waals surface area (Å²) in [5.41, 5.74) is 1.65. The Morgan fingerprint density at radius 3 is 2.90 bits per heavy atom. The van der Waals surface area contributed by atoms with Crippen molar-refractivity contribution in [1.82, 2.24) is 10.2 Å². The van der Waals surface area contributed by atoms with Gasteiger partial charge in [0, 0.05) is 12.6 Å². The molecule has 6 nitrogen and oxygen atoms in total. The number of nitrogens with zero attached hydrogens (tertiary/aromatic N) is 1. The summed E-state index contributed by atoms with van der Waals surface area (Å²) >= 11 is 0. The lowest BCUT2D eigenvalue weighted by molar-refractivity contribution is 0.171. The fourth-order valence-electron chi connectivity index (χ4n) is 2.07. The third kappa shape index (κ3) is 2.90. The minimum Gasteiger partial charge on any atom is -0.486 e. The van der Waals surface area contributed by atoms with Gasteiger partial charge in [-0.05, 0) is 24.1 Å². The molecule has 0 amide bonds. The van der Waals surface area contributed by atoms with Crippen molar-refractivity contribution in [3.05, 3.63) is 46.4 Å². The number of aromatic amines is 1. The summed E-state index contributed by atoms with van der Waals surface area (Å²) in [6, 6.07) is 7.42. The SMILES string of the molecule is O=c1cc(NCCc2ccc3c(c2)OCCO3)cn[nH]1. The van der Waals surface area contributed by atoms with Gasteiger partial charge < -0.3 is 14.8 Å². The fourth-order valence-corrected chi connectivity index (χ4v) is 2.07. The Hall–Kier alpha value is -2.50. The molecule has 0 fully saturated rings. The van der Waals surface area contributed by atoms with Crippen molar-refractivity contribution in [3.63, 3.8) is 0 Å². The van der Waals surface area contributed by atoms with Gasteiger partial charge in [0.1, 0.15) is 13.2 Å². The van der Waals surface area contributed by atoms with Crippen LogP contribution < -0.4 is 20.3 Å². The Labute approximate surface area is 115 Å². The maximum absolute atomic E-state index is 11.1. The zero-order valence-electron chi connectivity index (χ0n) is 10.9. The van der Waals surface area contributed by atoms with E-state index in [-0.39, 0.29) is 5.56 Å². The first-order valence-electron chi connectivity index (χ1n) is 6.48. The highest BCUT2D eigenvalue weighted by molar-refractivity contribution is 5.44. The summed E-state index contributed by atoms with van der Waals surface area (Å²) in [4.78, 5) is 11.1. The molecule has 2 aromatic rings. The van der Waals surface area contributed by atoms with Gasteiger partial charge in [0.25, 0.3) is 5.56 Å². The first-order chi connectivity index (χ1) is 9.81. The van der Waals surface area contributed by atoms with Crippen LogP contribution in [0, 0.1) is 0 Å². The molecule has 6 heteroatoms. The lowest BCUT2D eigenvalue weighted by Gasteiger charge is -2.18. The molecule has 0 saturated heterocycles. The summed E-state index contributed by atoms with van der Waals surface area (Å²) in [5, 5.41) is 9.23. The normalized spacial score (nSPS) is 13.0. The fraction of sp³-hybridized carbons (Fsp3) is 0.286. The van der Waals surface area contributed by atoms with Crippen LogP contribution in [-0.2, 0) is 6.42 Å². The van der Waals surface area contributed by atoms with E-state index in [0.29, 0.717) is 25.4 Å². The Balaban J connectivity index is 1.60. The van der Waals surface area contributed by atoms with Gasteiger partial charge in [0.15, 0.2) is 11.5 Å². The maximum Gasteiger partial charge on any atom is 0.266 e. The van der Waals surface area contributed by atoms with Gasteiger partial charge in [-0.1, -0.05) is 6.07 Å². The number of ether oxygens (including phenoxy) is 2. The average molecular weight is 273 g/mol. The van der Waals surface area contributed by atoms with Gasteiger partial charge in [-0.25, -0.2) is 5.10 Å². The average Bonchev–Trinajstić information content (AvgIpc) is 2.47. The van der Waals surface area contributed by atoms with E-state index in [2.05, 4.69) is 15.5 Å². The predicted octanol–water partition coefficient (Wildman–Crippen LogP) is 1.20. The molecule has 0 saturated carbocycles. The highest BCUT2D eigenvalue weighted by Gasteiger charge is 2.11. The number of nitrogens with one attached hydrogen (secondary N) is 2. The van der Waals surface area contributed by atoms with Crippen LogP contribution in [-0.4, -0.2) is 30.0 Å². The maximum atomic E-state index is 11.1. The molecular weight excluding hydrogens is 258 g/mol. The lowest BCUT2D eigenvalue weighted by atomic mass is 10.1. The Morgan fingerprint density at radius 2 is 2.05 bits per heavy atom. The van der Waals surface area contributed by atoms with Crippen LogP contribution in [0.25, 0.3) is 0 Å². The van der Waals surface area contributed by atoms with Gasteiger partial charge in [-0.3, -0.25) is 4.79 Å². The van der Waals surface area contributed by atoms with E-state index in [4.69, 9.17) is 9.47 Å². The molecule has 0 radical (unpaired) electrons. The molecule has 0 aliphatic carbocycles. The zero-order valence-corrected chi connectivity index (χ0v) is 10.9. The Morgan fingerprint density at radius 1 is 1.20 bits per heavy atom. The summed E-state index contributed by atoms with van der Waals surface area (Å²) < 4.78 is 11.0. The van der Waals surface area contributed by atoms with Gasteiger partial charge in [0.2, 0.25) is 0 Å². The molecule has 1 aromatic heterocycles. The standard InChI is InChI=1S/C14H15N3O3/c18-14-8-11(9-16-17-14)15-4-3-10-1-2-12-13(7-10)20-6-5-19-12/h1-2,7-9H,3-6H2,(H2,15,17,18). The predicted molar refractivity (Wildman–Crippen MR) is 74.5 cm³/mol. The minimum absolute atomic E-state index is 0.214. The van der Waals surface area contributed by atoms with Crippen LogP contribution in [0.2, 0.25) is 0 Å². The molecule has 2 heterocycles. The van der Waals surface area contributed by atoms with E-state index in [1.165, 1.54) is 6.07 Å². The molecule has 0 bridgehead atoms. The van der Waals surface area contributed by atoms with Crippen molar-refractivity contribution in [2.45, 2.75) is 6.42 Å². The first-order valence-corrected chi connectivity index (χ1v) is 6.48. The second kappa shape index (κ2) is 5.64. The van der Waals surface area contributed by atoms with Gasteiger partial charge in [-0.2, -0.15) is 5.10 Å². The van der Waals surface area contributed by atoms with E-state index in [0.717, 1.165) is 23.5 Å². The molecule has 2 N–H and O–H groups in total. The highest BCUT2D eigenvalue weighted by Crippen LogP contribution is 2.30. The second-order valence-electron chi connectivity index (χ2n) is 4.49. The van der Waals surface area contributed by atoms with Crippen molar-refractivity contribution in [1.29, 1.82) is 0 Å². The van der Waals surface area contributed by atoms with Crippen LogP contribution in [0.1, 0.15) is 5.56 Å². The molecular formula is C14H15N3O3. The van der Waals surface area contributed by atoms with E-state index in [9.17, 15) is 4.79 Å². The summed E-state index contributed by atoms with van der Waals surface area (Å²) in [5.74, 6) is 1.60. The molecule has 1 aliphatic rings. The third-order valence-electron chi connectivity index (χ3n) is 3.01. The monoisotopic (exact) mass is 273 g/mol. The number of anilines is 1. The minimum atomic E-state index is -0.214. The number of hydrogen-bond acceptors (Lipinski definition) is 5. The Kier molecular flexibility index (Phi) is 3.54. The van der Waals surface area contributed by atoms with Crippen LogP contribution in [0.4, 0.5) is 5.69 Å². The van der Waals surface area contributed by atoms with Crippen molar-refractivity contribution >= 4 is 5.69 Å². The van der Waals surface area contributed by atoms with Gasteiger partial charge in [-0.15, -0.1) is 0 Å². The largest absolute Gasteiger partial charge is 0.486 e. The molecule has 3 rings (SSSR count). The number of hydrogen-bond donors (Lipinski definition) is 2. The first kappa shape index (κ1) is 12.5. The molecule has 1 aliphatic heterocycles. The second-order valence-corrected chi connectivity index (χ2v) is 4.49. The highest BCUT2D eigenvalue weighted by atomic mass is 16.6. The molecule has 0 spiro atoms. The molecule has 104 valence electrons. The smallest absolute Gasteiger partial charge is 0.266 e. The Bertz CT molecular complexity index is 654. The van der Waals surface area contributed by atoms with Crippen LogP contribution >= 0.6 is 0 Å². The van der Waals surface area contributed by atoms with Crippen molar-refractivity contribution in [2.24, 2.45) is 0 Å². The topological polar surface area (TPSA) is 76.2 Å². The number of fused-ring (bicyclic) bond motifs is 1. The molecule has 0 unspecified atom stereocenters. The van der Waals surface area contributed by atoms with Crippen molar-refractivity contribution < 1.29 is 9.47 Å². The van der Waals surface area contributed by atoms with Crippen molar-refractivity contribution in [2.75, 3.05) is 25.1 Å². The van der Waals surface area contributed by atoms with Crippen LogP contribution in [0.15, 0.2) is 35.3 Å². The van der Waals surface area contributed by atoms with Crippen LogP contribution in [0.3, 0.4) is 0 Å². The number of benzene rings is 1. The number of aromatic nitrogens is 2. The molecule has 1 aromatic carbocycles. The van der Waals surface area contributed by atoms with E-state index in [1.807, 2.05) is 18.2 Å². The van der Waals surface area contributed by atoms with Crippen LogP contribution in [0.5, 0.6) is 11.5 Å². The lowest BCUT2D eigenvalue weighted by Crippen LogP contribution is -2.15. The van der Waals surface area contributed by atoms with Gasteiger partial charge >= 0.3 is 0 Å². The summed E-state index contributed by atoms with van der Waals surface area (Å²) in [6.45, 7) is 1.90. The van der Waals surface area contributed by atoms with E-state index in [1.54, 1.807) is 6.20 Å². The quantitative estimate of drug-likeness (QED) is 0.875. The molecule has 20 heavy (non-hydrogen) atoms.